The first-order valence-corrected chi connectivity index (χ1v) is 8.41. The summed E-state index contributed by atoms with van der Waals surface area (Å²) in [7, 11) is -3.82. The summed E-state index contributed by atoms with van der Waals surface area (Å²) in [6, 6.07) is 5.99. The monoisotopic (exact) mass is 322 g/mol. The van der Waals surface area contributed by atoms with Crippen LogP contribution in [0.2, 0.25) is 0 Å². The van der Waals surface area contributed by atoms with E-state index >= 15 is 0 Å². The average molecular weight is 322 g/mol. The molecular formula is C14H18N4O3S. The Morgan fingerprint density at radius 1 is 1.18 bits per heavy atom. The molecule has 0 aliphatic carbocycles. The van der Waals surface area contributed by atoms with Crippen molar-refractivity contribution >= 4 is 15.9 Å². The predicted molar refractivity (Wildman–Crippen MR) is 80.4 cm³/mol. The first-order valence-electron chi connectivity index (χ1n) is 6.92. The predicted octanol–water partition coefficient (Wildman–Crippen LogP) is 1.73. The number of hydrogen-bond acceptors (Lipinski definition) is 5. The summed E-state index contributed by atoms with van der Waals surface area (Å²) in [5.41, 5.74) is 0.953. The quantitative estimate of drug-likeness (QED) is 0.856. The highest BCUT2D eigenvalue weighted by molar-refractivity contribution is 7.91. The van der Waals surface area contributed by atoms with Crippen LogP contribution < -0.4 is 0 Å². The zero-order valence-corrected chi connectivity index (χ0v) is 13.5. The number of aryl methyl sites for hydroxylation is 1. The Kier molecular flexibility index (Phi) is 4.60. The zero-order valence-electron chi connectivity index (χ0n) is 12.7. The Morgan fingerprint density at radius 2 is 1.77 bits per heavy atom. The molecule has 0 N–H and O–H groups in total. The molecular weight excluding hydrogens is 304 g/mol. The molecule has 1 amide bonds. The van der Waals surface area contributed by atoms with E-state index in [1.807, 2.05) is 20.8 Å². The van der Waals surface area contributed by atoms with Gasteiger partial charge < -0.3 is 4.90 Å². The fourth-order valence-corrected chi connectivity index (χ4v) is 3.01. The van der Waals surface area contributed by atoms with Gasteiger partial charge in [0.05, 0.1) is 4.90 Å². The molecule has 0 radical (unpaired) electrons. The summed E-state index contributed by atoms with van der Waals surface area (Å²) in [5, 5.41) is 3.45. The minimum Gasteiger partial charge on any atom is -0.323 e. The summed E-state index contributed by atoms with van der Waals surface area (Å²) in [6.45, 7) is 6.56. The maximum Gasteiger partial charge on any atom is 0.346 e. The molecule has 2 aromatic rings. The molecule has 1 aromatic heterocycles. The molecule has 0 bridgehead atoms. The highest BCUT2D eigenvalue weighted by Gasteiger charge is 2.24. The third-order valence-corrected chi connectivity index (χ3v) is 4.83. The van der Waals surface area contributed by atoms with Gasteiger partial charge in [-0.05, 0) is 32.9 Å². The van der Waals surface area contributed by atoms with Gasteiger partial charge in [-0.15, -0.1) is 5.10 Å². The summed E-state index contributed by atoms with van der Waals surface area (Å²) in [5.74, 6) is 0. The smallest absolute Gasteiger partial charge is 0.323 e. The number of carbonyl (C=O) groups is 1. The lowest BCUT2D eigenvalue weighted by Crippen LogP contribution is -2.34. The number of benzene rings is 1. The molecule has 0 saturated carbocycles. The van der Waals surface area contributed by atoms with E-state index < -0.39 is 15.9 Å². The first-order chi connectivity index (χ1) is 10.4. The van der Waals surface area contributed by atoms with Gasteiger partial charge in [0.2, 0.25) is 9.84 Å². The molecule has 7 nitrogen and oxygen atoms in total. The molecule has 0 unspecified atom stereocenters. The number of rotatable bonds is 4. The van der Waals surface area contributed by atoms with Gasteiger partial charge in [0.15, 0.2) is 0 Å². The topological polar surface area (TPSA) is 85.2 Å². The second kappa shape index (κ2) is 6.27. The van der Waals surface area contributed by atoms with Crippen molar-refractivity contribution in [2.75, 3.05) is 13.1 Å². The Morgan fingerprint density at radius 3 is 2.32 bits per heavy atom. The van der Waals surface area contributed by atoms with Crippen molar-refractivity contribution in [3.8, 4) is 0 Å². The first kappa shape index (κ1) is 16.2. The number of hydrogen-bond donors (Lipinski definition) is 0. The Hall–Kier alpha value is -2.22. The lowest BCUT2D eigenvalue weighted by Gasteiger charge is -2.17. The Labute approximate surface area is 129 Å². The summed E-state index contributed by atoms with van der Waals surface area (Å²) in [6.07, 6.45) is 1.13. The summed E-state index contributed by atoms with van der Waals surface area (Å²) in [4.78, 5) is 17.5. The van der Waals surface area contributed by atoms with Gasteiger partial charge in [-0.2, -0.15) is 4.68 Å². The molecule has 0 atom stereocenters. The van der Waals surface area contributed by atoms with Crippen LogP contribution in [0, 0.1) is 6.92 Å². The van der Waals surface area contributed by atoms with Crippen LogP contribution in [-0.2, 0) is 9.84 Å². The van der Waals surface area contributed by atoms with E-state index in [1.165, 1.54) is 17.0 Å². The Bertz CT molecular complexity index is 762. The molecule has 8 heteroatoms. The molecule has 0 spiro atoms. The van der Waals surface area contributed by atoms with Crippen LogP contribution in [0.5, 0.6) is 0 Å². The number of sulfone groups is 1. The molecule has 0 aliphatic heterocycles. The number of aromatic nitrogens is 3. The van der Waals surface area contributed by atoms with E-state index in [2.05, 4.69) is 10.1 Å². The highest BCUT2D eigenvalue weighted by Crippen LogP contribution is 2.17. The van der Waals surface area contributed by atoms with E-state index in [-0.39, 0.29) is 10.1 Å². The second-order valence-corrected chi connectivity index (χ2v) is 6.59. The third kappa shape index (κ3) is 3.01. The van der Waals surface area contributed by atoms with Crippen molar-refractivity contribution < 1.29 is 13.2 Å². The molecule has 22 heavy (non-hydrogen) atoms. The SMILES string of the molecule is CCN(CC)C(=O)n1cnc(S(=O)(=O)c2ccc(C)cc2)n1. The lowest BCUT2D eigenvalue weighted by molar-refractivity contribution is 0.201. The summed E-state index contributed by atoms with van der Waals surface area (Å²) < 4.78 is 25.8. The molecule has 0 fully saturated rings. The maximum atomic E-state index is 12.4. The van der Waals surface area contributed by atoms with E-state index in [9.17, 15) is 13.2 Å². The van der Waals surface area contributed by atoms with Crippen LogP contribution in [0.1, 0.15) is 19.4 Å². The van der Waals surface area contributed by atoms with E-state index in [1.54, 1.807) is 12.1 Å². The van der Waals surface area contributed by atoms with E-state index in [4.69, 9.17) is 0 Å². The van der Waals surface area contributed by atoms with Crippen molar-refractivity contribution in [3.05, 3.63) is 36.2 Å². The lowest BCUT2D eigenvalue weighted by atomic mass is 10.2. The van der Waals surface area contributed by atoms with E-state index in [0.29, 0.717) is 13.1 Å². The molecule has 0 saturated heterocycles. The van der Waals surface area contributed by atoms with Gasteiger partial charge in [0.25, 0.3) is 5.16 Å². The zero-order chi connectivity index (χ0) is 16.3. The van der Waals surface area contributed by atoms with Crippen LogP contribution in [-0.4, -0.2) is 47.2 Å². The maximum absolute atomic E-state index is 12.4. The number of amides is 1. The van der Waals surface area contributed by atoms with Crippen LogP contribution in [0.4, 0.5) is 4.79 Å². The minimum atomic E-state index is -3.82. The van der Waals surface area contributed by atoms with Crippen molar-refractivity contribution in [1.29, 1.82) is 0 Å². The van der Waals surface area contributed by atoms with Crippen molar-refractivity contribution in [3.63, 3.8) is 0 Å². The molecule has 1 heterocycles. The molecule has 2 rings (SSSR count). The van der Waals surface area contributed by atoms with Gasteiger partial charge in [0, 0.05) is 13.1 Å². The average Bonchev–Trinajstić information content (AvgIpc) is 2.99. The van der Waals surface area contributed by atoms with Crippen LogP contribution in [0.15, 0.2) is 40.6 Å². The number of nitrogens with zero attached hydrogens (tertiary/aromatic N) is 4. The summed E-state index contributed by atoms with van der Waals surface area (Å²) >= 11 is 0. The van der Waals surface area contributed by atoms with Crippen molar-refractivity contribution in [2.24, 2.45) is 0 Å². The largest absolute Gasteiger partial charge is 0.346 e. The normalized spacial score (nSPS) is 11.4. The van der Waals surface area contributed by atoms with Crippen LogP contribution in [0.3, 0.4) is 0 Å². The molecule has 1 aromatic carbocycles. The third-order valence-electron chi connectivity index (χ3n) is 3.27. The Balaban J connectivity index is 2.35. The van der Waals surface area contributed by atoms with Crippen LogP contribution >= 0.6 is 0 Å². The van der Waals surface area contributed by atoms with Crippen molar-refractivity contribution in [1.82, 2.24) is 19.7 Å². The van der Waals surface area contributed by atoms with Gasteiger partial charge in [0.1, 0.15) is 6.33 Å². The van der Waals surface area contributed by atoms with Crippen molar-refractivity contribution in [2.45, 2.75) is 30.8 Å². The van der Waals surface area contributed by atoms with Gasteiger partial charge >= 0.3 is 6.03 Å². The molecule has 118 valence electrons. The van der Waals surface area contributed by atoms with Gasteiger partial charge in [-0.25, -0.2) is 18.2 Å². The van der Waals surface area contributed by atoms with Gasteiger partial charge in [-0.3, -0.25) is 0 Å². The van der Waals surface area contributed by atoms with Crippen LogP contribution in [0.25, 0.3) is 0 Å². The minimum absolute atomic E-state index is 0.103. The number of carbonyl (C=O) groups excluding carboxylic acids is 1. The second-order valence-electron chi connectivity index (χ2n) is 4.74. The standard InChI is InChI=1S/C14H18N4O3S/c1-4-17(5-2)14(19)18-10-15-13(16-18)22(20,21)12-8-6-11(3)7-9-12/h6-10H,4-5H2,1-3H3. The highest BCUT2D eigenvalue weighted by atomic mass is 32.2. The molecule has 0 aliphatic rings. The fraction of sp³-hybridized carbons (Fsp3) is 0.357. The van der Waals surface area contributed by atoms with Gasteiger partial charge in [-0.1, -0.05) is 17.7 Å². The fourth-order valence-electron chi connectivity index (χ4n) is 1.93. The van der Waals surface area contributed by atoms with E-state index in [0.717, 1.165) is 16.6 Å².